The van der Waals surface area contributed by atoms with E-state index in [2.05, 4.69) is 4.98 Å². The highest BCUT2D eigenvalue weighted by Crippen LogP contribution is 2.32. The zero-order valence-electron chi connectivity index (χ0n) is 11.8. The van der Waals surface area contributed by atoms with Crippen LogP contribution in [0.15, 0.2) is 41.2 Å². The van der Waals surface area contributed by atoms with Gasteiger partial charge >= 0.3 is 0 Å². The van der Waals surface area contributed by atoms with Gasteiger partial charge in [-0.15, -0.1) is 0 Å². The molecule has 1 aromatic heterocycles. The molecule has 0 radical (unpaired) electrons. The van der Waals surface area contributed by atoms with Crippen molar-refractivity contribution in [3.05, 3.63) is 62.1 Å². The molecule has 23 heavy (non-hydrogen) atoms. The number of halogens is 1. The topological polar surface area (TPSA) is 56.2 Å². The Morgan fingerprint density at radius 2 is 2.00 bits per heavy atom. The molecule has 1 N–H and O–H groups in total. The summed E-state index contributed by atoms with van der Waals surface area (Å²) in [6.45, 7) is 0.568. The second kappa shape index (κ2) is 5.40. The molecule has 0 atom stereocenters. The molecule has 4 rings (SSSR count). The van der Waals surface area contributed by atoms with Crippen LogP contribution in [-0.2, 0) is 6.54 Å². The van der Waals surface area contributed by atoms with Gasteiger partial charge in [-0.05, 0) is 48.1 Å². The van der Waals surface area contributed by atoms with Crippen LogP contribution in [0.1, 0.15) is 5.56 Å². The molecule has 1 aliphatic rings. The Hall–Kier alpha value is -2.31. The van der Waals surface area contributed by atoms with Gasteiger partial charge in [-0.2, -0.15) is 0 Å². The maximum absolute atomic E-state index is 12.7. The summed E-state index contributed by atoms with van der Waals surface area (Å²) in [5.41, 5.74) is 1.39. The minimum atomic E-state index is -0.155. The van der Waals surface area contributed by atoms with Crippen molar-refractivity contribution in [2.45, 2.75) is 6.54 Å². The number of ether oxygens (including phenoxy) is 2. The van der Waals surface area contributed by atoms with Gasteiger partial charge in [-0.3, -0.25) is 9.36 Å². The zero-order valence-corrected chi connectivity index (χ0v) is 13.4. The van der Waals surface area contributed by atoms with Gasteiger partial charge in [0, 0.05) is 5.02 Å². The highest BCUT2D eigenvalue weighted by Gasteiger charge is 2.14. The first-order chi connectivity index (χ1) is 11.1. The Labute approximate surface area is 141 Å². The number of hydrogen-bond donors (Lipinski definition) is 1. The molecule has 2 heterocycles. The molecule has 0 amide bonds. The number of benzene rings is 2. The lowest BCUT2D eigenvalue weighted by Gasteiger charge is -2.09. The van der Waals surface area contributed by atoms with E-state index >= 15 is 0 Å². The highest BCUT2D eigenvalue weighted by molar-refractivity contribution is 7.71. The standard InChI is InChI=1S/C16H11ClN2O3S/c17-10-2-3-11-12(6-10)18-16(23)19(15(11)20)7-9-1-4-13-14(5-9)22-8-21-13/h1-6H,7-8H2,(H,18,23). The first-order valence-corrected chi connectivity index (χ1v) is 7.71. The van der Waals surface area contributed by atoms with Crippen LogP contribution in [0.4, 0.5) is 0 Å². The van der Waals surface area contributed by atoms with E-state index in [1.165, 1.54) is 4.57 Å². The molecule has 0 aliphatic carbocycles. The van der Waals surface area contributed by atoms with Crippen LogP contribution in [0.5, 0.6) is 11.5 Å². The summed E-state index contributed by atoms with van der Waals surface area (Å²) in [6, 6.07) is 10.7. The number of H-pyrrole nitrogens is 1. The van der Waals surface area contributed by atoms with Crippen LogP contribution in [0.2, 0.25) is 5.02 Å². The van der Waals surface area contributed by atoms with E-state index in [4.69, 9.17) is 33.3 Å². The summed E-state index contributed by atoms with van der Waals surface area (Å²) in [5.74, 6) is 1.39. The quantitative estimate of drug-likeness (QED) is 0.722. The zero-order chi connectivity index (χ0) is 16.0. The van der Waals surface area contributed by atoms with Gasteiger partial charge < -0.3 is 14.5 Å². The van der Waals surface area contributed by atoms with Crippen molar-refractivity contribution in [3.8, 4) is 11.5 Å². The number of nitrogens with one attached hydrogen (secondary N) is 1. The van der Waals surface area contributed by atoms with Crippen molar-refractivity contribution in [1.29, 1.82) is 0 Å². The Bertz CT molecular complexity index is 1040. The summed E-state index contributed by atoms with van der Waals surface area (Å²) >= 11 is 11.3. The first kappa shape index (κ1) is 14.3. The number of aromatic amines is 1. The van der Waals surface area contributed by atoms with Crippen LogP contribution in [0, 0.1) is 4.77 Å². The maximum atomic E-state index is 12.7. The number of aromatic nitrogens is 2. The Morgan fingerprint density at radius 3 is 2.87 bits per heavy atom. The van der Waals surface area contributed by atoms with E-state index in [-0.39, 0.29) is 12.4 Å². The number of nitrogens with zero attached hydrogens (tertiary/aromatic N) is 1. The largest absolute Gasteiger partial charge is 0.454 e. The maximum Gasteiger partial charge on any atom is 0.262 e. The summed E-state index contributed by atoms with van der Waals surface area (Å²) in [7, 11) is 0. The smallest absolute Gasteiger partial charge is 0.262 e. The molecule has 7 heteroatoms. The predicted octanol–water partition coefficient (Wildman–Crippen LogP) is 3.49. The molecule has 2 aromatic carbocycles. The van der Waals surface area contributed by atoms with Crippen molar-refractivity contribution in [1.82, 2.24) is 9.55 Å². The van der Waals surface area contributed by atoms with Crippen LogP contribution in [0.3, 0.4) is 0 Å². The Kier molecular flexibility index (Phi) is 3.36. The van der Waals surface area contributed by atoms with Crippen LogP contribution >= 0.6 is 23.8 Å². The summed E-state index contributed by atoms with van der Waals surface area (Å²) in [4.78, 5) is 15.7. The Morgan fingerprint density at radius 1 is 1.17 bits per heavy atom. The average Bonchev–Trinajstić information content (AvgIpc) is 2.98. The lowest BCUT2D eigenvalue weighted by molar-refractivity contribution is 0.174. The molecule has 0 saturated carbocycles. The molecule has 116 valence electrons. The third-order valence-electron chi connectivity index (χ3n) is 3.72. The number of rotatable bonds is 2. The predicted molar refractivity (Wildman–Crippen MR) is 90.1 cm³/mol. The normalized spacial score (nSPS) is 12.7. The lowest BCUT2D eigenvalue weighted by atomic mass is 10.2. The van der Waals surface area contributed by atoms with Crippen LogP contribution < -0.4 is 15.0 Å². The fraction of sp³-hybridized carbons (Fsp3) is 0.125. The number of fused-ring (bicyclic) bond motifs is 2. The van der Waals surface area contributed by atoms with E-state index in [1.807, 2.05) is 18.2 Å². The van der Waals surface area contributed by atoms with Crippen molar-refractivity contribution < 1.29 is 9.47 Å². The molecule has 0 fully saturated rings. The highest BCUT2D eigenvalue weighted by atomic mass is 35.5. The SMILES string of the molecule is O=c1c2ccc(Cl)cc2[nH]c(=S)n1Cc1ccc2c(c1)OCO2. The van der Waals surface area contributed by atoms with E-state index in [9.17, 15) is 4.79 Å². The molecule has 0 unspecified atom stereocenters. The third kappa shape index (κ3) is 2.50. The van der Waals surface area contributed by atoms with Gasteiger partial charge in [-0.25, -0.2) is 0 Å². The monoisotopic (exact) mass is 346 g/mol. The lowest BCUT2D eigenvalue weighted by Crippen LogP contribution is -2.22. The van der Waals surface area contributed by atoms with Gasteiger partial charge in [-0.1, -0.05) is 17.7 Å². The van der Waals surface area contributed by atoms with Gasteiger partial charge in [0.1, 0.15) is 0 Å². The molecular weight excluding hydrogens is 336 g/mol. The van der Waals surface area contributed by atoms with Crippen molar-refractivity contribution in [2.24, 2.45) is 0 Å². The van der Waals surface area contributed by atoms with Crippen molar-refractivity contribution in [2.75, 3.05) is 6.79 Å². The van der Waals surface area contributed by atoms with E-state index in [1.54, 1.807) is 18.2 Å². The summed E-state index contributed by atoms with van der Waals surface area (Å²) in [6.07, 6.45) is 0. The van der Waals surface area contributed by atoms with Gasteiger partial charge in [0.2, 0.25) is 6.79 Å². The Balaban J connectivity index is 1.81. The molecule has 0 saturated heterocycles. The van der Waals surface area contributed by atoms with E-state index < -0.39 is 0 Å². The summed E-state index contributed by atoms with van der Waals surface area (Å²) < 4.78 is 12.5. The molecule has 3 aromatic rings. The average molecular weight is 347 g/mol. The van der Waals surface area contributed by atoms with Gasteiger partial charge in [0.05, 0.1) is 17.4 Å². The third-order valence-corrected chi connectivity index (χ3v) is 4.28. The van der Waals surface area contributed by atoms with Crippen LogP contribution in [-0.4, -0.2) is 16.3 Å². The molecule has 1 aliphatic heterocycles. The van der Waals surface area contributed by atoms with Gasteiger partial charge in [0.15, 0.2) is 16.3 Å². The van der Waals surface area contributed by atoms with Gasteiger partial charge in [0.25, 0.3) is 5.56 Å². The molecular formula is C16H11ClN2O3S. The van der Waals surface area contributed by atoms with Crippen LogP contribution in [0.25, 0.3) is 10.9 Å². The van der Waals surface area contributed by atoms with E-state index in [0.29, 0.717) is 38.7 Å². The fourth-order valence-electron chi connectivity index (χ4n) is 2.59. The van der Waals surface area contributed by atoms with Crippen molar-refractivity contribution >= 4 is 34.7 Å². The molecule has 5 nitrogen and oxygen atoms in total. The molecule has 0 bridgehead atoms. The molecule has 0 spiro atoms. The minimum absolute atomic E-state index is 0.155. The minimum Gasteiger partial charge on any atom is -0.454 e. The second-order valence-electron chi connectivity index (χ2n) is 5.20. The first-order valence-electron chi connectivity index (χ1n) is 6.93. The number of hydrogen-bond acceptors (Lipinski definition) is 4. The second-order valence-corrected chi connectivity index (χ2v) is 6.02. The van der Waals surface area contributed by atoms with Crippen molar-refractivity contribution in [3.63, 3.8) is 0 Å². The summed E-state index contributed by atoms with van der Waals surface area (Å²) in [5, 5.41) is 1.10. The fourth-order valence-corrected chi connectivity index (χ4v) is 3.02. The van der Waals surface area contributed by atoms with E-state index in [0.717, 1.165) is 5.56 Å².